The van der Waals surface area contributed by atoms with E-state index < -0.39 is 0 Å². The van der Waals surface area contributed by atoms with Crippen LogP contribution in [-0.4, -0.2) is 45.7 Å². The summed E-state index contributed by atoms with van der Waals surface area (Å²) in [6.45, 7) is 2.76. The number of aromatic nitrogens is 4. The summed E-state index contributed by atoms with van der Waals surface area (Å²) in [5.74, 6) is -0.106. The summed E-state index contributed by atoms with van der Waals surface area (Å²) in [5, 5.41) is 13.5. The molecule has 7 nitrogen and oxygen atoms in total. The number of hydrogen-bond donors (Lipinski definition) is 1. The zero-order chi connectivity index (χ0) is 14.4. The highest BCUT2D eigenvalue weighted by molar-refractivity contribution is 5.75. The van der Waals surface area contributed by atoms with Crippen molar-refractivity contribution in [3.05, 3.63) is 36.7 Å². The van der Waals surface area contributed by atoms with Gasteiger partial charge in [-0.25, -0.2) is 4.68 Å². The highest BCUT2D eigenvalue weighted by atomic mass is 16.2. The number of para-hydroxylation sites is 1. The third-order valence-corrected chi connectivity index (χ3v) is 3.12. The van der Waals surface area contributed by atoms with E-state index in [0.29, 0.717) is 6.54 Å². The van der Waals surface area contributed by atoms with Crippen LogP contribution in [0.4, 0.5) is 5.69 Å². The van der Waals surface area contributed by atoms with Crippen molar-refractivity contribution in [2.24, 2.45) is 0 Å². The van der Waals surface area contributed by atoms with Crippen molar-refractivity contribution in [1.29, 1.82) is 0 Å². The van der Waals surface area contributed by atoms with Crippen molar-refractivity contribution < 1.29 is 4.79 Å². The first kappa shape index (κ1) is 14.0. The summed E-state index contributed by atoms with van der Waals surface area (Å²) in [7, 11) is 2.01. The fourth-order valence-electron chi connectivity index (χ4n) is 1.77. The number of anilines is 1. The number of nitrogens with one attached hydrogen (secondary N) is 1. The second-order valence-electron chi connectivity index (χ2n) is 4.61. The van der Waals surface area contributed by atoms with Gasteiger partial charge in [-0.2, -0.15) is 0 Å². The largest absolute Gasteiger partial charge is 0.370 e. The number of rotatable bonds is 6. The number of amides is 1. The third kappa shape index (κ3) is 3.78. The fraction of sp³-hybridized carbons (Fsp3) is 0.385. The average Bonchev–Trinajstić information content (AvgIpc) is 2.97. The van der Waals surface area contributed by atoms with Gasteiger partial charge < -0.3 is 10.2 Å². The predicted octanol–water partition coefficient (Wildman–Crippen LogP) is 0.314. The van der Waals surface area contributed by atoms with Crippen LogP contribution in [0.1, 0.15) is 6.92 Å². The predicted molar refractivity (Wildman–Crippen MR) is 75.1 cm³/mol. The minimum absolute atomic E-state index is 0.106. The lowest BCUT2D eigenvalue weighted by Crippen LogP contribution is -2.41. The van der Waals surface area contributed by atoms with Crippen molar-refractivity contribution in [3.63, 3.8) is 0 Å². The third-order valence-electron chi connectivity index (χ3n) is 3.12. The quantitative estimate of drug-likeness (QED) is 0.820. The van der Waals surface area contributed by atoms with E-state index >= 15 is 0 Å². The summed E-state index contributed by atoms with van der Waals surface area (Å²) < 4.78 is 1.39. The number of carbonyl (C=O) groups is 1. The van der Waals surface area contributed by atoms with Gasteiger partial charge in [0.1, 0.15) is 12.9 Å². The summed E-state index contributed by atoms with van der Waals surface area (Å²) in [6.07, 6.45) is 1.42. The van der Waals surface area contributed by atoms with E-state index in [-0.39, 0.29) is 18.5 Å². The monoisotopic (exact) mass is 274 g/mol. The van der Waals surface area contributed by atoms with Gasteiger partial charge in [-0.3, -0.25) is 4.79 Å². The standard InChI is InChI=1S/C13H18N6O/c1-11(18(2)12-6-4-3-5-7-12)8-14-13(20)9-19-10-15-16-17-19/h3-7,10-11H,8-9H2,1-2H3,(H,14,20)/t11-/m1/s1. The zero-order valence-electron chi connectivity index (χ0n) is 11.6. The molecule has 0 unspecified atom stereocenters. The molecule has 0 aliphatic rings. The van der Waals surface area contributed by atoms with E-state index in [2.05, 4.69) is 32.7 Å². The second kappa shape index (κ2) is 6.65. The minimum Gasteiger partial charge on any atom is -0.370 e. The summed E-state index contributed by atoms with van der Waals surface area (Å²) in [4.78, 5) is 13.9. The molecule has 1 aromatic carbocycles. The van der Waals surface area contributed by atoms with Gasteiger partial charge in [-0.05, 0) is 29.5 Å². The maximum atomic E-state index is 11.7. The van der Waals surface area contributed by atoms with Crippen LogP contribution in [0.2, 0.25) is 0 Å². The van der Waals surface area contributed by atoms with E-state index in [9.17, 15) is 4.79 Å². The zero-order valence-corrected chi connectivity index (χ0v) is 11.6. The molecule has 0 aliphatic heterocycles. The molecule has 0 saturated heterocycles. The number of nitrogens with zero attached hydrogens (tertiary/aromatic N) is 5. The Morgan fingerprint density at radius 1 is 1.40 bits per heavy atom. The van der Waals surface area contributed by atoms with E-state index in [1.165, 1.54) is 11.0 Å². The topological polar surface area (TPSA) is 75.9 Å². The second-order valence-corrected chi connectivity index (χ2v) is 4.61. The van der Waals surface area contributed by atoms with Gasteiger partial charge >= 0.3 is 0 Å². The number of tetrazole rings is 1. The molecule has 0 aliphatic carbocycles. The Hall–Kier alpha value is -2.44. The Morgan fingerprint density at radius 3 is 2.80 bits per heavy atom. The van der Waals surface area contributed by atoms with Crippen molar-refractivity contribution >= 4 is 11.6 Å². The van der Waals surface area contributed by atoms with Crippen LogP contribution >= 0.6 is 0 Å². The number of benzene rings is 1. The molecule has 20 heavy (non-hydrogen) atoms. The van der Waals surface area contributed by atoms with Crippen LogP contribution in [0, 0.1) is 0 Å². The Morgan fingerprint density at radius 2 is 2.15 bits per heavy atom. The average molecular weight is 274 g/mol. The van der Waals surface area contributed by atoms with Crippen LogP contribution in [0.3, 0.4) is 0 Å². The molecule has 1 amide bonds. The molecule has 1 N–H and O–H groups in total. The Bertz CT molecular complexity index is 527. The Balaban J connectivity index is 1.80. The first-order valence-electron chi connectivity index (χ1n) is 6.42. The van der Waals surface area contributed by atoms with Gasteiger partial charge in [-0.1, -0.05) is 18.2 Å². The van der Waals surface area contributed by atoms with Gasteiger partial charge in [0.15, 0.2) is 0 Å². The lowest BCUT2D eigenvalue weighted by molar-refractivity contribution is -0.121. The van der Waals surface area contributed by atoms with Crippen LogP contribution in [0.15, 0.2) is 36.7 Å². The number of hydrogen-bond acceptors (Lipinski definition) is 5. The van der Waals surface area contributed by atoms with Crippen LogP contribution in [-0.2, 0) is 11.3 Å². The molecular weight excluding hydrogens is 256 g/mol. The van der Waals surface area contributed by atoms with Crippen LogP contribution < -0.4 is 10.2 Å². The molecule has 106 valence electrons. The van der Waals surface area contributed by atoms with Crippen molar-refractivity contribution in [2.75, 3.05) is 18.5 Å². The first-order chi connectivity index (χ1) is 9.66. The van der Waals surface area contributed by atoms with Gasteiger partial charge in [0.25, 0.3) is 0 Å². The molecule has 0 radical (unpaired) electrons. The van der Waals surface area contributed by atoms with E-state index in [1.54, 1.807) is 0 Å². The van der Waals surface area contributed by atoms with Crippen LogP contribution in [0.25, 0.3) is 0 Å². The van der Waals surface area contributed by atoms with Gasteiger partial charge in [0, 0.05) is 25.3 Å². The van der Waals surface area contributed by atoms with Crippen molar-refractivity contribution in [3.8, 4) is 0 Å². The SMILES string of the molecule is C[C@H](CNC(=O)Cn1cnnn1)N(C)c1ccccc1. The van der Waals surface area contributed by atoms with Gasteiger partial charge in [0.2, 0.25) is 5.91 Å². The smallest absolute Gasteiger partial charge is 0.241 e. The lowest BCUT2D eigenvalue weighted by atomic mass is 10.2. The first-order valence-corrected chi connectivity index (χ1v) is 6.42. The van der Waals surface area contributed by atoms with E-state index in [4.69, 9.17) is 0 Å². The molecular formula is C13H18N6O. The van der Waals surface area contributed by atoms with Crippen molar-refractivity contribution in [2.45, 2.75) is 19.5 Å². The normalized spacial score (nSPS) is 11.9. The molecule has 1 heterocycles. The Labute approximate surface area is 117 Å². The molecule has 2 aromatic rings. The van der Waals surface area contributed by atoms with E-state index in [1.807, 2.05) is 37.4 Å². The summed E-state index contributed by atoms with van der Waals surface area (Å²) in [6, 6.07) is 10.2. The van der Waals surface area contributed by atoms with Crippen LogP contribution in [0.5, 0.6) is 0 Å². The van der Waals surface area contributed by atoms with E-state index in [0.717, 1.165) is 5.69 Å². The molecule has 0 spiro atoms. The Kier molecular flexibility index (Phi) is 4.65. The molecule has 0 saturated carbocycles. The molecule has 1 atom stereocenters. The van der Waals surface area contributed by atoms with Gasteiger partial charge in [0.05, 0.1) is 0 Å². The highest BCUT2D eigenvalue weighted by Gasteiger charge is 2.11. The maximum Gasteiger partial charge on any atom is 0.241 e. The molecule has 2 rings (SSSR count). The fourth-order valence-corrected chi connectivity index (χ4v) is 1.77. The number of carbonyl (C=O) groups excluding carboxylic acids is 1. The minimum atomic E-state index is -0.106. The molecule has 1 aromatic heterocycles. The molecule has 0 bridgehead atoms. The number of likely N-dealkylation sites (N-methyl/N-ethyl adjacent to an activating group) is 1. The molecule has 7 heteroatoms. The highest BCUT2D eigenvalue weighted by Crippen LogP contribution is 2.13. The summed E-state index contributed by atoms with van der Waals surface area (Å²) >= 11 is 0. The summed E-state index contributed by atoms with van der Waals surface area (Å²) in [5.41, 5.74) is 1.12. The lowest BCUT2D eigenvalue weighted by Gasteiger charge is -2.27. The van der Waals surface area contributed by atoms with Gasteiger partial charge in [-0.15, -0.1) is 5.10 Å². The maximum absolute atomic E-state index is 11.7. The van der Waals surface area contributed by atoms with Crippen molar-refractivity contribution in [1.82, 2.24) is 25.5 Å². The molecule has 0 fully saturated rings.